The molecule has 23 heavy (non-hydrogen) atoms. The smallest absolute Gasteiger partial charge is 0.179 e. The molecule has 3 rings (SSSR count). The number of fused-ring (bicyclic) bond motifs is 1. The first kappa shape index (κ1) is 16.9. The first-order valence-corrected chi connectivity index (χ1v) is 10.2. The van der Waals surface area contributed by atoms with Crippen molar-refractivity contribution in [2.75, 3.05) is 31.3 Å². The lowest BCUT2D eigenvalue weighted by atomic mass is 10.1. The van der Waals surface area contributed by atoms with Crippen molar-refractivity contribution < 1.29 is 17.9 Å². The molecule has 0 amide bonds. The molecule has 0 N–H and O–H groups in total. The van der Waals surface area contributed by atoms with E-state index in [1.165, 1.54) is 0 Å². The molecule has 128 valence electrons. The predicted octanol–water partition coefficient (Wildman–Crippen LogP) is 2.51. The zero-order valence-corrected chi connectivity index (χ0v) is 14.8. The zero-order chi connectivity index (χ0) is 16.4. The van der Waals surface area contributed by atoms with Crippen LogP contribution in [0.15, 0.2) is 12.1 Å². The highest BCUT2D eigenvalue weighted by Gasteiger charge is 2.31. The van der Waals surface area contributed by atoms with Crippen molar-refractivity contribution >= 4 is 21.4 Å². The SMILES string of the molecule is CCN(Cc1cc(Cl)c2c(c1)OCCCO2)[C@@H]1CCS(=O)(=O)C1. The van der Waals surface area contributed by atoms with Crippen LogP contribution in [0.3, 0.4) is 0 Å². The fourth-order valence-electron chi connectivity index (χ4n) is 3.17. The van der Waals surface area contributed by atoms with Gasteiger partial charge in [0.25, 0.3) is 0 Å². The Balaban J connectivity index is 1.79. The van der Waals surface area contributed by atoms with Gasteiger partial charge in [-0.05, 0) is 30.7 Å². The number of ether oxygens (including phenoxy) is 2. The van der Waals surface area contributed by atoms with Crippen LogP contribution in [0.25, 0.3) is 0 Å². The fourth-order valence-corrected chi connectivity index (χ4v) is 5.22. The first-order chi connectivity index (χ1) is 11.0. The lowest BCUT2D eigenvalue weighted by Gasteiger charge is -2.27. The van der Waals surface area contributed by atoms with Gasteiger partial charge in [0.2, 0.25) is 0 Å². The van der Waals surface area contributed by atoms with Crippen molar-refractivity contribution in [1.29, 1.82) is 0 Å². The van der Waals surface area contributed by atoms with E-state index in [4.69, 9.17) is 21.1 Å². The Morgan fingerprint density at radius 2 is 2.09 bits per heavy atom. The fraction of sp³-hybridized carbons (Fsp3) is 0.625. The van der Waals surface area contributed by atoms with E-state index in [2.05, 4.69) is 11.8 Å². The van der Waals surface area contributed by atoms with E-state index in [1.807, 2.05) is 12.1 Å². The second-order valence-corrected chi connectivity index (χ2v) is 8.71. The van der Waals surface area contributed by atoms with Gasteiger partial charge in [0.1, 0.15) is 0 Å². The lowest BCUT2D eigenvalue weighted by Crippen LogP contribution is -2.35. The highest BCUT2D eigenvalue weighted by atomic mass is 35.5. The number of nitrogens with zero attached hydrogens (tertiary/aromatic N) is 1. The molecule has 1 fully saturated rings. The van der Waals surface area contributed by atoms with Gasteiger partial charge in [0, 0.05) is 19.0 Å². The van der Waals surface area contributed by atoms with Crippen LogP contribution in [0.1, 0.15) is 25.3 Å². The van der Waals surface area contributed by atoms with E-state index in [-0.39, 0.29) is 17.5 Å². The third kappa shape index (κ3) is 3.92. The van der Waals surface area contributed by atoms with Crippen LogP contribution in [0.4, 0.5) is 0 Å². The first-order valence-electron chi connectivity index (χ1n) is 8.01. The average Bonchev–Trinajstić information content (AvgIpc) is 2.72. The summed E-state index contributed by atoms with van der Waals surface area (Å²) in [5, 5.41) is 0.550. The summed E-state index contributed by atoms with van der Waals surface area (Å²) in [7, 11) is -2.88. The summed E-state index contributed by atoms with van der Waals surface area (Å²) in [6, 6.07) is 3.93. The molecule has 1 aromatic rings. The summed E-state index contributed by atoms with van der Waals surface area (Å²) >= 11 is 6.33. The van der Waals surface area contributed by atoms with Gasteiger partial charge < -0.3 is 9.47 Å². The van der Waals surface area contributed by atoms with Gasteiger partial charge in [-0.3, -0.25) is 4.90 Å². The Kier molecular flexibility index (Phi) is 5.04. The van der Waals surface area contributed by atoms with E-state index < -0.39 is 9.84 Å². The minimum Gasteiger partial charge on any atom is -0.489 e. The standard InChI is InChI=1S/C16H22ClNO4S/c1-2-18(13-4-7-23(19,20)11-13)10-12-8-14(17)16-15(9-12)21-5-3-6-22-16/h8-9,13H,2-7,10-11H2,1H3/t13-/m1/s1. The summed E-state index contributed by atoms with van der Waals surface area (Å²) in [5.74, 6) is 1.83. The minimum absolute atomic E-state index is 0.0831. The van der Waals surface area contributed by atoms with Gasteiger partial charge in [-0.15, -0.1) is 0 Å². The summed E-state index contributed by atoms with van der Waals surface area (Å²) < 4.78 is 34.8. The van der Waals surface area contributed by atoms with Gasteiger partial charge in [0.15, 0.2) is 21.3 Å². The van der Waals surface area contributed by atoms with Crippen molar-refractivity contribution in [1.82, 2.24) is 4.90 Å². The molecule has 0 aromatic heterocycles. The van der Waals surface area contributed by atoms with Crippen LogP contribution < -0.4 is 9.47 Å². The van der Waals surface area contributed by atoms with Crippen LogP contribution in [-0.2, 0) is 16.4 Å². The molecular formula is C16H22ClNO4S. The zero-order valence-electron chi connectivity index (χ0n) is 13.3. The molecule has 2 aliphatic rings. The largest absolute Gasteiger partial charge is 0.489 e. The number of sulfone groups is 1. The molecule has 2 aliphatic heterocycles. The molecule has 0 aliphatic carbocycles. The summed E-state index contributed by atoms with van der Waals surface area (Å²) in [5.41, 5.74) is 1.02. The van der Waals surface area contributed by atoms with Gasteiger partial charge in [-0.1, -0.05) is 18.5 Å². The van der Waals surface area contributed by atoms with Gasteiger partial charge in [0.05, 0.1) is 29.7 Å². The van der Waals surface area contributed by atoms with Crippen LogP contribution in [-0.4, -0.2) is 50.6 Å². The molecule has 1 saturated heterocycles. The maximum Gasteiger partial charge on any atom is 0.179 e. The molecule has 7 heteroatoms. The highest BCUT2D eigenvalue weighted by Crippen LogP contribution is 2.38. The molecule has 0 bridgehead atoms. The predicted molar refractivity (Wildman–Crippen MR) is 90.2 cm³/mol. The molecule has 1 aromatic carbocycles. The monoisotopic (exact) mass is 359 g/mol. The van der Waals surface area contributed by atoms with E-state index in [9.17, 15) is 8.42 Å². The molecule has 0 unspecified atom stereocenters. The number of halogens is 1. The van der Waals surface area contributed by atoms with Crippen molar-refractivity contribution in [2.24, 2.45) is 0 Å². The highest BCUT2D eigenvalue weighted by molar-refractivity contribution is 7.91. The number of hydrogen-bond donors (Lipinski definition) is 0. The second kappa shape index (κ2) is 6.87. The quantitative estimate of drug-likeness (QED) is 0.826. The normalized spacial score (nSPS) is 23.0. The topological polar surface area (TPSA) is 55.8 Å². The molecule has 0 spiro atoms. The van der Waals surface area contributed by atoms with Crippen LogP contribution in [0.5, 0.6) is 11.5 Å². The lowest BCUT2D eigenvalue weighted by molar-refractivity contribution is 0.214. The molecule has 0 radical (unpaired) electrons. The third-order valence-electron chi connectivity index (χ3n) is 4.38. The molecule has 2 heterocycles. The Hall–Kier alpha value is -0.980. The van der Waals surface area contributed by atoms with Crippen molar-refractivity contribution in [2.45, 2.75) is 32.4 Å². The summed E-state index contributed by atoms with van der Waals surface area (Å²) in [6.07, 6.45) is 1.54. The Labute approximate surface area is 142 Å². The third-order valence-corrected chi connectivity index (χ3v) is 6.41. The number of rotatable bonds is 4. The van der Waals surface area contributed by atoms with E-state index in [1.54, 1.807) is 0 Å². The summed E-state index contributed by atoms with van der Waals surface area (Å²) in [4.78, 5) is 2.19. The second-order valence-electron chi connectivity index (χ2n) is 6.08. The number of hydrogen-bond acceptors (Lipinski definition) is 5. The van der Waals surface area contributed by atoms with Crippen LogP contribution >= 0.6 is 11.6 Å². The van der Waals surface area contributed by atoms with E-state index in [0.29, 0.717) is 42.7 Å². The van der Waals surface area contributed by atoms with Crippen molar-refractivity contribution in [3.05, 3.63) is 22.7 Å². The van der Waals surface area contributed by atoms with Gasteiger partial charge >= 0.3 is 0 Å². The summed E-state index contributed by atoms with van der Waals surface area (Å²) in [6.45, 7) is 4.73. The van der Waals surface area contributed by atoms with Crippen LogP contribution in [0.2, 0.25) is 5.02 Å². The Bertz CT molecular complexity index is 677. The molecule has 1 atom stereocenters. The van der Waals surface area contributed by atoms with Crippen molar-refractivity contribution in [3.8, 4) is 11.5 Å². The van der Waals surface area contributed by atoms with Crippen LogP contribution in [0, 0.1) is 0 Å². The minimum atomic E-state index is -2.88. The number of benzene rings is 1. The molecule has 0 saturated carbocycles. The van der Waals surface area contributed by atoms with E-state index in [0.717, 1.165) is 18.5 Å². The van der Waals surface area contributed by atoms with Crippen molar-refractivity contribution in [3.63, 3.8) is 0 Å². The van der Waals surface area contributed by atoms with Gasteiger partial charge in [-0.25, -0.2) is 8.42 Å². The average molecular weight is 360 g/mol. The Morgan fingerprint density at radius 3 is 2.78 bits per heavy atom. The molecule has 5 nitrogen and oxygen atoms in total. The maximum atomic E-state index is 11.7. The van der Waals surface area contributed by atoms with Gasteiger partial charge in [-0.2, -0.15) is 0 Å². The van der Waals surface area contributed by atoms with E-state index >= 15 is 0 Å². The molecular weight excluding hydrogens is 338 g/mol. The maximum absolute atomic E-state index is 11.7. The Morgan fingerprint density at radius 1 is 1.30 bits per heavy atom.